The molecule has 3 aromatic rings. The van der Waals surface area contributed by atoms with Gasteiger partial charge in [-0.05, 0) is 44.1 Å². The summed E-state index contributed by atoms with van der Waals surface area (Å²) in [4.78, 5) is 28.3. The number of thiophene rings is 1. The van der Waals surface area contributed by atoms with Gasteiger partial charge in [0, 0.05) is 43.0 Å². The quantitative estimate of drug-likeness (QED) is 0.418. The zero-order valence-corrected chi connectivity index (χ0v) is 22.1. The van der Waals surface area contributed by atoms with Crippen LogP contribution in [0.25, 0.3) is 10.2 Å². The van der Waals surface area contributed by atoms with Gasteiger partial charge < -0.3 is 20.3 Å². The predicted octanol–water partition coefficient (Wildman–Crippen LogP) is 3.76. The Balaban J connectivity index is 1.31. The number of likely N-dealkylation sites (tertiary alicyclic amines) is 1. The third-order valence-electron chi connectivity index (χ3n) is 7.20. The number of anilines is 3. The van der Waals surface area contributed by atoms with Crippen molar-refractivity contribution in [2.75, 3.05) is 43.5 Å². The molecule has 2 atom stereocenters. The van der Waals surface area contributed by atoms with E-state index in [1.54, 1.807) is 11.3 Å². The Kier molecular flexibility index (Phi) is 7.68. The van der Waals surface area contributed by atoms with Gasteiger partial charge in [0.25, 0.3) is 0 Å². The number of aromatic amines is 1. The Hall–Kier alpha value is -2.76. The number of nitrogens with zero attached hydrogens (tertiary/aromatic N) is 5. The molecular formula is C25H36N8O2S. The van der Waals surface area contributed by atoms with E-state index in [0.29, 0.717) is 25.7 Å². The van der Waals surface area contributed by atoms with E-state index in [0.717, 1.165) is 66.3 Å². The van der Waals surface area contributed by atoms with Crippen molar-refractivity contribution >= 4 is 45.0 Å². The summed E-state index contributed by atoms with van der Waals surface area (Å²) in [7, 11) is 0. The summed E-state index contributed by atoms with van der Waals surface area (Å²) in [5, 5.41) is 17.2. The molecule has 2 saturated heterocycles. The van der Waals surface area contributed by atoms with Gasteiger partial charge >= 0.3 is 0 Å². The highest BCUT2D eigenvalue weighted by Crippen LogP contribution is 2.32. The lowest BCUT2D eigenvalue weighted by Crippen LogP contribution is -2.57. The van der Waals surface area contributed by atoms with Crippen LogP contribution in [-0.2, 0) is 9.53 Å². The van der Waals surface area contributed by atoms with E-state index in [-0.39, 0.29) is 24.0 Å². The minimum Gasteiger partial charge on any atom is -0.379 e. The molecule has 5 heterocycles. The van der Waals surface area contributed by atoms with Gasteiger partial charge in [0.1, 0.15) is 10.6 Å². The Morgan fingerprint density at radius 1 is 1.19 bits per heavy atom. The van der Waals surface area contributed by atoms with E-state index in [1.165, 1.54) is 0 Å². The van der Waals surface area contributed by atoms with Crippen molar-refractivity contribution in [3.05, 3.63) is 23.2 Å². The maximum atomic E-state index is 13.4. The van der Waals surface area contributed by atoms with Crippen molar-refractivity contribution in [1.82, 2.24) is 30.0 Å². The molecule has 0 aliphatic carbocycles. The number of hydrogen-bond acceptors (Lipinski definition) is 9. The second kappa shape index (κ2) is 11.1. The van der Waals surface area contributed by atoms with E-state index in [1.807, 2.05) is 24.4 Å². The van der Waals surface area contributed by atoms with Gasteiger partial charge in [-0.2, -0.15) is 10.1 Å². The van der Waals surface area contributed by atoms with Crippen molar-refractivity contribution in [1.29, 1.82) is 0 Å². The van der Waals surface area contributed by atoms with Gasteiger partial charge in [0.2, 0.25) is 11.9 Å². The van der Waals surface area contributed by atoms with E-state index in [4.69, 9.17) is 14.7 Å². The highest BCUT2D eigenvalue weighted by Gasteiger charge is 2.37. The van der Waals surface area contributed by atoms with Crippen LogP contribution < -0.4 is 10.6 Å². The molecule has 2 fully saturated rings. The molecule has 3 N–H and O–H groups in total. The average Bonchev–Trinajstić information content (AvgIpc) is 3.52. The van der Waals surface area contributed by atoms with Crippen LogP contribution in [-0.4, -0.2) is 86.8 Å². The number of hydrogen-bond donors (Lipinski definition) is 3. The highest BCUT2D eigenvalue weighted by atomic mass is 32.1. The molecule has 5 rings (SSSR count). The number of aromatic nitrogens is 4. The van der Waals surface area contributed by atoms with Gasteiger partial charge in [-0.1, -0.05) is 13.8 Å². The first kappa shape index (κ1) is 24.9. The van der Waals surface area contributed by atoms with Gasteiger partial charge in [-0.25, -0.2) is 4.98 Å². The van der Waals surface area contributed by atoms with Gasteiger partial charge in [0.05, 0.1) is 25.1 Å². The highest BCUT2D eigenvalue weighted by molar-refractivity contribution is 7.16. The van der Waals surface area contributed by atoms with Crippen molar-refractivity contribution in [2.45, 2.75) is 64.6 Å². The number of nitrogens with one attached hydrogen (secondary N) is 3. The number of rotatable bonds is 8. The molecule has 2 aliphatic rings. The van der Waals surface area contributed by atoms with E-state index in [2.05, 4.69) is 44.5 Å². The number of aryl methyl sites for hydroxylation is 1. The summed E-state index contributed by atoms with van der Waals surface area (Å²) in [5.41, 5.74) is 0.984. The molecule has 0 aromatic carbocycles. The third-order valence-corrected chi connectivity index (χ3v) is 8.01. The summed E-state index contributed by atoms with van der Waals surface area (Å²) in [6.45, 7) is 9.87. The number of piperidine rings is 1. The zero-order chi connectivity index (χ0) is 25.1. The Morgan fingerprint density at radius 2 is 1.94 bits per heavy atom. The number of fused-ring (bicyclic) bond motifs is 1. The fraction of sp³-hybridized carbons (Fsp3) is 0.600. The number of H-pyrrole nitrogens is 1. The first-order valence-electron chi connectivity index (χ1n) is 13.0. The molecule has 1 amide bonds. The second-order valence-corrected chi connectivity index (χ2v) is 10.6. The first-order valence-corrected chi connectivity index (χ1v) is 13.8. The van der Waals surface area contributed by atoms with Crippen molar-refractivity contribution < 1.29 is 9.53 Å². The molecule has 11 heteroatoms. The van der Waals surface area contributed by atoms with Crippen LogP contribution in [0, 0.1) is 6.92 Å². The number of amides is 1. The van der Waals surface area contributed by atoms with Crippen LogP contribution in [0.3, 0.4) is 0 Å². The minimum atomic E-state index is 0.199. The molecule has 3 aromatic heterocycles. The predicted molar refractivity (Wildman–Crippen MR) is 143 cm³/mol. The summed E-state index contributed by atoms with van der Waals surface area (Å²) >= 11 is 1.60. The number of ether oxygens (including phenoxy) is 1. The van der Waals surface area contributed by atoms with Crippen LogP contribution in [0.1, 0.15) is 45.2 Å². The smallest absolute Gasteiger partial charge is 0.237 e. The Morgan fingerprint density at radius 3 is 2.61 bits per heavy atom. The molecule has 0 radical (unpaired) electrons. The summed E-state index contributed by atoms with van der Waals surface area (Å²) in [5.74, 6) is 2.33. The number of carbonyl (C=O) groups is 1. The van der Waals surface area contributed by atoms with Crippen LogP contribution in [0.2, 0.25) is 0 Å². The van der Waals surface area contributed by atoms with Crippen LogP contribution in [0.5, 0.6) is 0 Å². The summed E-state index contributed by atoms with van der Waals surface area (Å²) in [6.07, 6.45) is 3.63. The summed E-state index contributed by atoms with van der Waals surface area (Å²) < 4.78 is 5.45. The van der Waals surface area contributed by atoms with Crippen LogP contribution in [0.4, 0.5) is 17.6 Å². The molecule has 0 spiro atoms. The molecule has 2 unspecified atom stereocenters. The lowest BCUT2D eigenvalue weighted by Gasteiger charge is -2.46. The van der Waals surface area contributed by atoms with Crippen molar-refractivity contribution in [3.63, 3.8) is 0 Å². The minimum absolute atomic E-state index is 0.199. The number of morpholine rings is 1. The second-order valence-electron chi connectivity index (χ2n) is 9.72. The lowest BCUT2D eigenvalue weighted by atomic mass is 9.88. The monoisotopic (exact) mass is 512 g/mol. The zero-order valence-electron chi connectivity index (χ0n) is 21.3. The molecular weight excluding hydrogens is 476 g/mol. The molecule has 2 aliphatic heterocycles. The fourth-order valence-electron chi connectivity index (χ4n) is 5.36. The normalized spacial score (nSPS) is 23.2. The van der Waals surface area contributed by atoms with Crippen LogP contribution >= 0.6 is 11.3 Å². The van der Waals surface area contributed by atoms with Gasteiger partial charge in [-0.3, -0.25) is 14.8 Å². The Labute approximate surface area is 215 Å². The molecule has 0 bridgehead atoms. The lowest BCUT2D eigenvalue weighted by molar-refractivity contribution is -0.141. The molecule has 194 valence electrons. The largest absolute Gasteiger partial charge is 0.379 e. The molecule has 10 nitrogen and oxygen atoms in total. The summed E-state index contributed by atoms with van der Waals surface area (Å²) in [6, 6.07) is 4.58. The van der Waals surface area contributed by atoms with Crippen molar-refractivity contribution in [2.24, 2.45) is 0 Å². The first-order chi connectivity index (χ1) is 17.5. The average molecular weight is 513 g/mol. The third kappa shape index (κ3) is 5.47. The van der Waals surface area contributed by atoms with Gasteiger partial charge in [0.15, 0.2) is 5.82 Å². The van der Waals surface area contributed by atoms with Crippen LogP contribution in [0.15, 0.2) is 17.5 Å². The topological polar surface area (TPSA) is 111 Å². The van der Waals surface area contributed by atoms with E-state index >= 15 is 0 Å². The number of carbonyl (C=O) groups excluding carboxylic acids is 1. The van der Waals surface area contributed by atoms with Gasteiger partial charge in [-0.15, -0.1) is 11.3 Å². The Bertz CT molecular complexity index is 1160. The fourth-order valence-corrected chi connectivity index (χ4v) is 6.13. The van der Waals surface area contributed by atoms with E-state index in [9.17, 15) is 4.79 Å². The maximum absolute atomic E-state index is 13.4. The van der Waals surface area contributed by atoms with E-state index < -0.39 is 0 Å². The molecule has 0 saturated carbocycles. The SMILES string of the molecule is CCC1CC(Nc2nc(Nc3cc(C)[nH]n3)c3ccsc3n2)CC(CC)N1C(=O)CN1CCOCC1. The standard InChI is InChI=1S/C25H36N8O2S/c1-4-18-13-17(14-19(5-2)33(18)22(34)15-32-7-9-35-10-8-32)26-25-28-23(20-6-11-36-24(20)29-25)27-21-12-16(3)30-31-21/h6,11-12,17-19H,4-5,7-10,13-15H2,1-3H3,(H3,26,27,28,29,30,31). The maximum Gasteiger partial charge on any atom is 0.237 e. The van der Waals surface area contributed by atoms with Crippen molar-refractivity contribution in [3.8, 4) is 0 Å². The molecule has 36 heavy (non-hydrogen) atoms.